The molecule has 0 bridgehead atoms. The number of carbonyl (C=O) groups is 2. The lowest BCUT2D eigenvalue weighted by Gasteiger charge is -2.08. The monoisotopic (exact) mass is 284 g/mol. The van der Waals surface area contributed by atoms with Gasteiger partial charge in [-0.2, -0.15) is 0 Å². The molecule has 1 rings (SSSR count). The van der Waals surface area contributed by atoms with Crippen molar-refractivity contribution in [3.8, 4) is 0 Å². The van der Waals surface area contributed by atoms with Gasteiger partial charge >= 0.3 is 0 Å². The van der Waals surface area contributed by atoms with E-state index in [1.807, 2.05) is 0 Å². The van der Waals surface area contributed by atoms with E-state index in [4.69, 9.17) is 0 Å². The predicted octanol–water partition coefficient (Wildman–Crippen LogP) is 2.37. The molecule has 0 heterocycles. The molecule has 0 saturated carbocycles. The SMILES string of the molecule is CC(=O)Nc1cccc(NC(=O)[C@H](C)Br)c1. The summed E-state index contributed by atoms with van der Waals surface area (Å²) in [6.45, 7) is 3.18. The minimum absolute atomic E-state index is 0.125. The molecule has 86 valence electrons. The number of alkyl halides is 1. The van der Waals surface area contributed by atoms with Gasteiger partial charge in [0.2, 0.25) is 11.8 Å². The van der Waals surface area contributed by atoms with Crippen molar-refractivity contribution in [2.24, 2.45) is 0 Å². The Bertz CT molecular complexity index is 405. The summed E-state index contributed by atoms with van der Waals surface area (Å²) in [5.41, 5.74) is 1.31. The first-order valence-corrected chi connectivity index (χ1v) is 5.73. The molecule has 0 fully saturated rings. The van der Waals surface area contributed by atoms with Gasteiger partial charge in [-0.15, -0.1) is 0 Å². The number of hydrogen-bond acceptors (Lipinski definition) is 2. The Hall–Kier alpha value is -1.36. The number of anilines is 2. The lowest BCUT2D eigenvalue weighted by atomic mass is 10.2. The molecule has 0 unspecified atom stereocenters. The fourth-order valence-electron chi connectivity index (χ4n) is 1.12. The van der Waals surface area contributed by atoms with Crippen molar-refractivity contribution in [1.82, 2.24) is 0 Å². The maximum Gasteiger partial charge on any atom is 0.237 e. The molecular weight excluding hydrogens is 272 g/mol. The van der Waals surface area contributed by atoms with Gasteiger partial charge < -0.3 is 10.6 Å². The minimum atomic E-state index is -0.253. The average Bonchev–Trinajstić information content (AvgIpc) is 2.16. The highest BCUT2D eigenvalue weighted by Crippen LogP contribution is 2.15. The molecule has 0 aliphatic carbocycles. The van der Waals surface area contributed by atoms with Crippen LogP contribution in [0.15, 0.2) is 24.3 Å². The molecule has 5 heteroatoms. The van der Waals surface area contributed by atoms with Crippen LogP contribution in [0.25, 0.3) is 0 Å². The lowest BCUT2D eigenvalue weighted by Crippen LogP contribution is -2.19. The topological polar surface area (TPSA) is 58.2 Å². The Morgan fingerprint density at radius 1 is 1.25 bits per heavy atom. The molecule has 16 heavy (non-hydrogen) atoms. The first-order valence-electron chi connectivity index (χ1n) is 4.81. The summed E-state index contributed by atoms with van der Waals surface area (Å²) >= 11 is 3.17. The summed E-state index contributed by atoms with van der Waals surface area (Å²) in [5.74, 6) is -0.266. The zero-order valence-corrected chi connectivity index (χ0v) is 10.7. The van der Waals surface area contributed by atoms with E-state index in [-0.39, 0.29) is 16.6 Å². The predicted molar refractivity (Wildman–Crippen MR) is 67.8 cm³/mol. The summed E-state index contributed by atoms with van der Waals surface area (Å²) in [6.07, 6.45) is 0. The Morgan fingerprint density at radius 2 is 1.81 bits per heavy atom. The molecule has 1 aromatic carbocycles. The van der Waals surface area contributed by atoms with Gasteiger partial charge in [-0.1, -0.05) is 22.0 Å². The first kappa shape index (κ1) is 12.7. The number of amides is 2. The number of hydrogen-bond donors (Lipinski definition) is 2. The van der Waals surface area contributed by atoms with E-state index in [0.717, 1.165) is 0 Å². The number of nitrogens with one attached hydrogen (secondary N) is 2. The second-order valence-electron chi connectivity index (χ2n) is 3.37. The Morgan fingerprint density at radius 3 is 2.31 bits per heavy atom. The van der Waals surface area contributed by atoms with Gasteiger partial charge in [0.1, 0.15) is 0 Å². The third-order valence-electron chi connectivity index (χ3n) is 1.81. The van der Waals surface area contributed by atoms with Crippen LogP contribution < -0.4 is 10.6 Å². The van der Waals surface area contributed by atoms with Crippen LogP contribution in [0.2, 0.25) is 0 Å². The van der Waals surface area contributed by atoms with Crippen molar-refractivity contribution in [2.75, 3.05) is 10.6 Å². The van der Waals surface area contributed by atoms with E-state index in [0.29, 0.717) is 11.4 Å². The third-order valence-corrected chi connectivity index (χ3v) is 2.23. The van der Waals surface area contributed by atoms with E-state index in [1.165, 1.54) is 6.92 Å². The zero-order valence-electron chi connectivity index (χ0n) is 9.08. The smallest absolute Gasteiger partial charge is 0.237 e. The molecule has 0 radical (unpaired) electrons. The number of halogens is 1. The van der Waals surface area contributed by atoms with Crippen molar-refractivity contribution in [2.45, 2.75) is 18.7 Å². The Balaban J connectivity index is 2.74. The molecular formula is C11H13BrN2O2. The maximum atomic E-state index is 11.4. The number of carbonyl (C=O) groups excluding carboxylic acids is 2. The van der Waals surface area contributed by atoms with Crippen LogP contribution in [-0.4, -0.2) is 16.6 Å². The molecule has 0 saturated heterocycles. The molecule has 2 N–H and O–H groups in total. The molecule has 0 aliphatic heterocycles. The number of rotatable bonds is 3. The maximum absolute atomic E-state index is 11.4. The van der Waals surface area contributed by atoms with Crippen LogP contribution >= 0.6 is 15.9 Å². The zero-order chi connectivity index (χ0) is 12.1. The summed E-state index contributed by atoms with van der Waals surface area (Å²) in [4.78, 5) is 22.0. The van der Waals surface area contributed by atoms with Crippen molar-refractivity contribution < 1.29 is 9.59 Å². The molecule has 4 nitrogen and oxygen atoms in total. The second-order valence-corrected chi connectivity index (χ2v) is 4.74. The van der Waals surface area contributed by atoms with Gasteiger partial charge in [-0.25, -0.2) is 0 Å². The summed E-state index contributed by atoms with van der Waals surface area (Å²) in [7, 11) is 0. The third kappa shape index (κ3) is 4.02. The standard InChI is InChI=1S/C11H13BrN2O2/c1-7(12)11(16)14-10-5-3-4-9(6-10)13-8(2)15/h3-7H,1-2H3,(H,13,15)(H,14,16)/t7-/m0/s1. The van der Waals surface area contributed by atoms with E-state index < -0.39 is 0 Å². The normalized spacial score (nSPS) is 11.7. The van der Waals surface area contributed by atoms with Gasteiger partial charge in [0.25, 0.3) is 0 Å². The van der Waals surface area contributed by atoms with Gasteiger partial charge in [-0.3, -0.25) is 9.59 Å². The van der Waals surface area contributed by atoms with Gasteiger partial charge in [-0.05, 0) is 25.1 Å². The lowest BCUT2D eigenvalue weighted by molar-refractivity contribution is -0.115. The van der Waals surface area contributed by atoms with Crippen LogP contribution in [0.4, 0.5) is 11.4 Å². The van der Waals surface area contributed by atoms with Gasteiger partial charge in [0.05, 0.1) is 4.83 Å². The second kappa shape index (κ2) is 5.65. The van der Waals surface area contributed by atoms with E-state index >= 15 is 0 Å². The highest BCUT2D eigenvalue weighted by atomic mass is 79.9. The van der Waals surface area contributed by atoms with E-state index in [2.05, 4.69) is 26.6 Å². The first-order chi connectivity index (χ1) is 7.49. The van der Waals surface area contributed by atoms with Gasteiger partial charge in [0, 0.05) is 18.3 Å². The summed E-state index contributed by atoms with van der Waals surface area (Å²) in [6, 6.07) is 6.99. The van der Waals surface area contributed by atoms with Crippen LogP contribution in [0.5, 0.6) is 0 Å². The number of benzene rings is 1. The highest BCUT2D eigenvalue weighted by Gasteiger charge is 2.08. The van der Waals surface area contributed by atoms with Crippen LogP contribution in [0.3, 0.4) is 0 Å². The van der Waals surface area contributed by atoms with Crippen molar-refractivity contribution in [1.29, 1.82) is 0 Å². The van der Waals surface area contributed by atoms with Gasteiger partial charge in [0.15, 0.2) is 0 Å². The van der Waals surface area contributed by atoms with Crippen LogP contribution in [-0.2, 0) is 9.59 Å². The fraction of sp³-hybridized carbons (Fsp3) is 0.273. The van der Waals surface area contributed by atoms with E-state index in [9.17, 15) is 9.59 Å². The molecule has 0 aromatic heterocycles. The van der Waals surface area contributed by atoms with Crippen molar-refractivity contribution in [3.05, 3.63) is 24.3 Å². The van der Waals surface area contributed by atoms with Crippen LogP contribution in [0, 0.1) is 0 Å². The van der Waals surface area contributed by atoms with E-state index in [1.54, 1.807) is 31.2 Å². The molecule has 2 amide bonds. The van der Waals surface area contributed by atoms with Crippen molar-refractivity contribution in [3.63, 3.8) is 0 Å². The van der Waals surface area contributed by atoms with Crippen molar-refractivity contribution >= 4 is 39.1 Å². The molecule has 0 spiro atoms. The quantitative estimate of drug-likeness (QED) is 0.838. The summed E-state index contributed by atoms with van der Waals surface area (Å²) < 4.78 is 0. The highest BCUT2D eigenvalue weighted by molar-refractivity contribution is 9.10. The molecule has 1 aromatic rings. The van der Waals surface area contributed by atoms with Crippen LogP contribution in [0.1, 0.15) is 13.8 Å². The molecule has 1 atom stereocenters. The molecule has 0 aliphatic rings. The average molecular weight is 285 g/mol. The summed E-state index contributed by atoms with van der Waals surface area (Å²) in [5, 5.41) is 5.36. The fourth-order valence-corrected chi connectivity index (χ4v) is 1.23. The Kier molecular flexibility index (Phi) is 4.49. The minimum Gasteiger partial charge on any atom is -0.326 e. The largest absolute Gasteiger partial charge is 0.326 e. The Labute approximate surface area is 103 Å².